The Morgan fingerprint density at radius 3 is 2.33 bits per heavy atom. The molecule has 0 bridgehead atoms. The molecule has 21 heavy (non-hydrogen) atoms. The van der Waals surface area contributed by atoms with Crippen molar-refractivity contribution < 1.29 is 9.00 Å². The summed E-state index contributed by atoms with van der Waals surface area (Å²) in [4.78, 5) is 12.4. The predicted octanol–water partition coefficient (Wildman–Crippen LogP) is 3.04. The van der Waals surface area contributed by atoms with Crippen LogP contribution < -0.4 is 5.32 Å². The van der Waals surface area contributed by atoms with Gasteiger partial charge in [-0.1, -0.05) is 23.7 Å². The zero-order valence-corrected chi connectivity index (χ0v) is 14.3. The summed E-state index contributed by atoms with van der Waals surface area (Å²) in [6.45, 7) is 6.29. The van der Waals surface area contributed by atoms with Crippen LogP contribution in [0.1, 0.15) is 39.2 Å². The zero-order chi connectivity index (χ0) is 15.7. The summed E-state index contributed by atoms with van der Waals surface area (Å²) < 4.78 is 11.7. The third kappa shape index (κ3) is 3.86. The molecule has 0 unspecified atom stereocenters. The van der Waals surface area contributed by atoms with Gasteiger partial charge in [-0.25, -0.2) is 0 Å². The van der Waals surface area contributed by atoms with Crippen molar-refractivity contribution in [2.75, 3.05) is 12.3 Å². The molecular weight excluding hydrogens is 306 g/mol. The van der Waals surface area contributed by atoms with Crippen molar-refractivity contribution in [1.82, 2.24) is 5.32 Å². The van der Waals surface area contributed by atoms with E-state index in [1.807, 2.05) is 45.0 Å². The van der Waals surface area contributed by atoms with Crippen molar-refractivity contribution in [1.29, 1.82) is 0 Å². The second-order valence-corrected chi connectivity index (χ2v) is 9.27. The Balaban J connectivity index is 1.92. The zero-order valence-electron chi connectivity index (χ0n) is 12.7. The van der Waals surface area contributed by atoms with Gasteiger partial charge in [-0.15, -0.1) is 0 Å². The first-order chi connectivity index (χ1) is 9.75. The highest BCUT2D eigenvalue weighted by Crippen LogP contribution is 2.48. The van der Waals surface area contributed by atoms with E-state index < -0.39 is 16.2 Å². The molecule has 3 nitrogen and oxygen atoms in total. The van der Waals surface area contributed by atoms with Gasteiger partial charge in [0.1, 0.15) is 0 Å². The van der Waals surface area contributed by atoms with E-state index in [-0.39, 0.29) is 10.7 Å². The molecule has 0 spiro atoms. The molecule has 1 atom stereocenters. The average molecular weight is 328 g/mol. The van der Waals surface area contributed by atoms with Gasteiger partial charge in [-0.3, -0.25) is 9.00 Å². The number of rotatable bonds is 5. The quantitative estimate of drug-likeness (QED) is 0.903. The van der Waals surface area contributed by atoms with Gasteiger partial charge in [0.2, 0.25) is 5.91 Å². The largest absolute Gasteiger partial charge is 0.354 e. The SMILES string of the molecule is CC(C)(C)[S@@](=O)CCNC(=O)C1(c2ccc(Cl)cc2)CC1. The Bertz CT molecular complexity index is 544. The third-order valence-corrected chi connectivity index (χ3v) is 6.03. The molecule has 1 saturated carbocycles. The molecule has 1 aliphatic rings. The van der Waals surface area contributed by atoms with E-state index in [1.54, 1.807) is 0 Å². The molecule has 1 aromatic rings. The van der Waals surface area contributed by atoms with E-state index in [2.05, 4.69) is 5.32 Å². The third-order valence-electron chi connectivity index (χ3n) is 3.84. The fourth-order valence-electron chi connectivity index (χ4n) is 2.27. The lowest BCUT2D eigenvalue weighted by Crippen LogP contribution is -2.38. The maximum atomic E-state index is 12.4. The number of carbonyl (C=O) groups is 1. The summed E-state index contributed by atoms with van der Waals surface area (Å²) in [7, 11) is -0.940. The van der Waals surface area contributed by atoms with Gasteiger partial charge in [0.25, 0.3) is 0 Å². The maximum absolute atomic E-state index is 12.4. The van der Waals surface area contributed by atoms with E-state index in [4.69, 9.17) is 11.6 Å². The van der Waals surface area contributed by atoms with Crippen molar-refractivity contribution in [3.8, 4) is 0 Å². The highest BCUT2D eigenvalue weighted by Gasteiger charge is 2.51. The van der Waals surface area contributed by atoms with Crippen LogP contribution in [0.4, 0.5) is 0 Å². The molecular formula is C16H22ClNO2S. The van der Waals surface area contributed by atoms with Gasteiger partial charge < -0.3 is 5.32 Å². The molecule has 0 heterocycles. The Kier molecular flexibility index (Phi) is 4.79. The number of halogens is 1. The van der Waals surface area contributed by atoms with Crippen molar-refractivity contribution in [2.24, 2.45) is 0 Å². The first-order valence-corrected chi connectivity index (χ1v) is 8.88. The van der Waals surface area contributed by atoms with Gasteiger partial charge in [-0.05, 0) is 51.3 Å². The fourth-order valence-corrected chi connectivity index (χ4v) is 3.30. The molecule has 0 saturated heterocycles. The summed E-state index contributed by atoms with van der Waals surface area (Å²) in [5, 5.41) is 3.61. The van der Waals surface area contributed by atoms with Crippen LogP contribution in [0.2, 0.25) is 5.02 Å². The number of benzene rings is 1. The van der Waals surface area contributed by atoms with Crippen LogP contribution in [0.3, 0.4) is 0 Å². The van der Waals surface area contributed by atoms with E-state index in [0.717, 1.165) is 18.4 Å². The second-order valence-electron chi connectivity index (χ2n) is 6.51. The van der Waals surface area contributed by atoms with Crippen LogP contribution in [-0.4, -0.2) is 27.2 Å². The minimum absolute atomic E-state index is 0.0377. The van der Waals surface area contributed by atoms with Crippen molar-refractivity contribution >= 4 is 28.3 Å². The van der Waals surface area contributed by atoms with Crippen LogP contribution in [0.15, 0.2) is 24.3 Å². The van der Waals surface area contributed by atoms with Crippen LogP contribution in [0.5, 0.6) is 0 Å². The van der Waals surface area contributed by atoms with Crippen molar-refractivity contribution in [2.45, 2.75) is 43.8 Å². The minimum atomic E-state index is -0.940. The highest BCUT2D eigenvalue weighted by molar-refractivity contribution is 7.86. The summed E-state index contributed by atoms with van der Waals surface area (Å²) in [6, 6.07) is 7.47. The Morgan fingerprint density at radius 2 is 1.86 bits per heavy atom. The lowest BCUT2D eigenvalue weighted by Gasteiger charge is -2.19. The normalized spacial score (nSPS) is 18.1. The first kappa shape index (κ1) is 16.5. The number of hydrogen-bond donors (Lipinski definition) is 1. The van der Waals surface area contributed by atoms with Gasteiger partial charge in [0, 0.05) is 32.9 Å². The molecule has 5 heteroatoms. The maximum Gasteiger partial charge on any atom is 0.230 e. The van der Waals surface area contributed by atoms with Crippen LogP contribution in [0, 0.1) is 0 Å². The summed E-state index contributed by atoms with van der Waals surface area (Å²) in [5.74, 6) is 0.530. The molecule has 0 radical (unpaired) electrons. The number of carbonyl (C=O) groups excluding carboxylic acids is 1. The Morgan fingerprint density at radius 1 is 1.29 bits per heavy atom. The van der Waals surface area contributed by atoms with E-state index in [9.17, 15) is 9.00 Å². The van der Waals surface area contributed by atoms with Gasteiger partial charge in [0.05, 0.1) is 5.41 Å². The molecule has 1 aliphatic carbocycles. The van der Waals surface area contributed by atoms with Crippen molar-refractivity contribution in [3.05, 3.63) is 34.9 Å². The number of amides is 1. The van der Waals surface area contributed by atoms with Crippen molar-refractivity contribution in [3.63, 3.8) is 0 Å². The Hall–Kier alpha value is -0.870. The minimum Gasteiger partial charge on any atom is -0.354 e. The molecule has 2 rings (SSSR count). The molecule has 1 amide bonds. The predicted molar refractivity (Wildman–Crippen MR) is 88.1 cm³/mol. The average Bonchev–Trinajstić information content (AvgIpc) is 3.19. The molecule has 1 N–H and O–H groups in total. The highest BCUT2D eigenvalue weighted by atomic mass is 35.5. The molecule has 1 aromatic carbocycles. The van der Waals surface area contributed by atoms with E-state index in [0.29, 0.717) is 17.3 Å². The van der Waals surface area contributed by atoms with E-state index >= 15 is 0 Å². The Labute approximate surface area is 133 Å². The summed E-state index contributed by atoms with van der Waals surface area (Å²) >= 11 is 5.89. The standard InChI is InChI=1S/C16H22ClNO2S/c1-15(2,3)21(20)11-10-18-14(19)16(8-9-16)12-4-6-13(17)7-5-12/h4-7H,8-11H2,1-3H3,(H,18,19)/t21-/m0/s1. The van der Waals surface area contributed by atoms with Crippen LogP contribution in [0.25, 0.3) is 0 Å². The van der Waals surface area contributed by atoms with Crippen LogP contribution >= 0.6 is 11.6 Å². The lowest BCUT2D eigenvalue weighted by atomic mass is 9.95. The smallest absolute Gasteiger partial charge is 0.230 e. The molecule has 0 aromatic heterocycles. The fraction of sp³-hybridized carbons (Fsp3) is 0.562. The second kappa shape index (κ2) is 6.09. The lowest BCUT2D eigenvalue weighted by molar-refractivity contribution is -0.123. The molecule has 1 fully saturated rings. The van der Waals surface area contributed by atoms with Gasteiger partial charge >= 0.3 is 0 Å². The molecule has 0 aliphatic heterocycles. The van der Waals surface area contributed by atoms with Crippen LogP contribution in [-0.2, 0) is 21.0 Å². The van der Waals surface area contributed by atoms with Gasteiger partial charge in [0.15, 0.2) is 0 Å². The molecule has 116 valence electrons. The summed E-state index contributed by atoms with van der Waals surface area (Å²) in [5.41, 5.74) is 0.620. The first-order valence-electron chi connectivity index (χ1n) is 7.18. The van der Waals surface area contributed by atoms with Gasteiger partial charge in [-0.2, -0.15) is 0 Å². The van der Waals surface area contributed by atoms with E-state index in [1.165, 1.54) is 0 Å². The topological polar surface area (TPSA) is 46.2 Å². The monoisotopic (exact) mass is 327 g/mol. The number of hydrogen-bond acceptors (Lipinski definition) is 2. The summed E-state index contributed by atoms with van der Waals surface area (Å²) in [6.07, 6.45) is 1.73. The number of nitrogens with one attached hydrogen (secondary N) is 1.